The standard InChI is InChI=1S/C17H17ClO3/c1-12-4-3-5-16(13(12)2)20-8-9-21-17-7-6-15(18)10-14(17)11-19/h3-7,10-11H,8-9H2,1-2H3. The number of rotatable bonds is 6. The number of aryl methyl sites for hydroxylation is 1. The number of ether oxygens (including phenoxy) is 2. The fraction of sp³-hybridized carbons (Fsp3) is 0.235. The van der Waals surface area contributed by atoms with Crippen molar-refractivity contribution in [3.63, 3.8) is 0 Å². The quantitative estimate of drug-likeness (QED) is 0.592. The fourth-order valence-corrected chi connectivity index (χ4v) is 2.11. The smallest absolute Gasteiger partial charge is 0.153 e. The lowest BCUT2D eigenvalue weighted by atomic mass is 10.1. The second kappa shape index (κ2) is 7.14. The highest BCUT2D eigenvalue weighted by molar-refractivity contribution is 6.30. The molecule has 0 unspecified atom stereocenters. The average Bonchev–Trinajstić information content (AvgIpc) is 2.48. The van der Waals surface area contributed by atoms with E-state index in [2.05, 4.69) is 0 Å². The molecule has 2 aromatic carbocycles. The number of aldehydes is 1. The van der Waals surface area contributed by atoms with Crippen LogP contribution in [0.2, 0.25) is 5.02 Å². The molecular formula is C17H17ClO3. The number of halogens is 1. The van der Waals surface area contributed by atoms with E-state index < -0.39 is 0 Å². The predicted octanol–water partition coefficient (Wildman–Crippen LogP) is 4.23. The van der Waals surface area contributed by atoms with Gasteiger partial charge in [0.2, 0.25) is 0 Å². The van der Waals surface area contributed by atoms with Gasteiger partial charge in [0.05, 0.1) is 5.56 Å². The third-order valence-electron chi connectivity index (χ3n) is 3.25. The van der Waals surface area contributed by atoms with Crippen LogP contribution >= 0.6 is 11.6 Å². The Morgan fingerprint density at radius 3 is 2.48 bits per heavy atom. The molecule has 0 atom stereocenters. The molecular weight excluding hydrogens is 288 g/mol. The van der Waals surface area contributed by atoms with Crippen molar-refractivity contribution in [1.82, 2.24) is 0 Å². The zero-order valence-corrected chi connectivity index (χ0v) is 12.8. The number of hydrogen-bond acceptors (Lipinski definition) is 3. The van der Waals surface area contributed by atoms with Crippen LogP contribution in [0.15, 0.2) is 36.4 Å². The van der Waals surface area contributed by atoms with Crippen LogP contribution in [-0.4, -0.2) is 19.5 Å². The zero-order valence-electron chi connectivity index (χ0n) is 12.1. The molecule has 0 heterocycles. The maximum absolute atomic E-state index is 10.9. The van der Waals surface area contributed by atoms with E-state index in [1.807, 2.05) is 32.0 Å². The number of hydrogen-bond donors (Lipinski definition) is 0. The first-order chi connectivity index (χ1) is 10.1. The summed E-state index contributed by atoms with van der Waals surface area (Å²) in [6.07, 6.45) is 0.729. The van der Waals surface area contributed by atoms with E-state index in [0.717, 1.165) is 17.6 Å². The minimum Gasteiger partial charge on any atom is -0.490 e. The molecule has 0 saturated carbocycles. The van der Waals surface area contributed by atoms with E-state index >= 15 is 0 Å². The maximum atomic E-state index is 10.9. The van der Waals surface area contributed by atoms with Gasteiger partial charge in [-0.15, -0.1) is 0 Å². The van der Waals surface area contributed by atoms with Crippen LogP contribution in [0, 0.1) is 13.8 Å². The molecule has 0 bridgehead atoms. The van der Waals surface area contributed by atoms with Gasteiger partial charge in [0, 0.05) is 5.02 Å². The van der Waals surface area contributed by atoms with E-state index in [1.165, 1.54) is 5.56 Å². The van der Waals surface area contributed by atoms with Crippen molar-refractivity contribution in [2.75, 3.05) is 13.2 Å². The first-order valence-corrected chi connectivity index (χ1v) is 7.06. The van der Waals surface area contributed by atoms with Crippen molar-refractivity contribution in [2.45, 2.75) is 13.8 Å². The fourth-order valence-electron chi connectivity index (χ4n) is 1.93. The van der Waals surface area contributed by atoms with Crippen LogP contribution < -0.4 is 9.47 Å². The Balaban J connectivity index is 1.90. The van der Waals surface area contributed by atoms with E-state index in [9.17, 15) is 4.79 Å². The van der Waals surface area contributed by atoms with Gasteiger partial charge in [-0.2, -0.15) is 0 Å². The van der Waals surface area contributed by atoms with Crippen LogP contribution in [-0.2, 0) is 0 Å². The van der Waals surface area contributed by atoms with Crippen LogP contribution in [0.3, 0.4) is 0 Å². The second-order valence-electron chi connectivity index (χ2n) is 4.69. The molecule has 0 aliphatic heterocycles. The Bertz CT molecular complexity index is 638. The molecule has 0 aliphatic rings. The third-order valence-corrected chi connectivity index (χ3v) is 3.49. The van der Waals surface area contributed by atoms with Gasteiger partial charge in [-0.1, -0.05) is 23.7 Å². The summed E-state index contributed by atoms with van der Waals surface area (Å²) in [6, 6.07) is 10.9. The first-order valence-electron chi connectivity index (χ1n) is 6.68. The molecule has 0 radical (unpaired) electrons. The molecule has 0 amide bonds. The van der Waals surface area contributed by atoms with Gasteiger partial charge in [-0.3, -0.25) is 4.79 Å². The van der Waals surface area contributed by atoms with Gasteiger partial charge in [0.15, 0.2) is 6.29 Å². The van der Waals surface area contributed by atoms with Crippen LogP contribution in [0.25, 0.3) is 0 Å². The summed E-state index contributed by atoms with van der Waals surface area (Å²) in [7, 11) is 0. The monoisotopic (exact) mass is 304 g/mol. The van der Waals surface area contributed by atoms with Crippen molar-refractivity contribution in [3.05, 3.63) is 58.1 Å². The molecule has 21 heavy (non-hydrogen) atoms. The van der Waals surface area contributed by atoms with Gasteiger partial charge < -0.3 is 9.47 Å². The first kappa shape index (κ1) is 15.4. The molecule has 0 saturated heterocycles. The molecule has 0 spiro atoms. The van der Waals surface area contributed by atoms with Crippen molar-refractivity contribution in [2.24, 2.45) is 0 Å². The highest BCUT2D eigenvalue weighted by atomic mass is 35.5. The second-order valence-corrected chi connectivity index (χ2v) is 5.13. The summed E-state index contributed by atoms with van der Waals surface area (Å²) >= 11 is 5.83. The minimum absolute atomic E-state index is 0.357. The number of carbonyl (C=O) groups is 1. The minimum atomic E-state index is 0.357. The Labute approximate surface area is 129 Å². The van der Waals surface area contributed by atoms with Gasteiger partial charge in [0.1, 0.15) is 24.7 Å². The zero-order chi connectivity index (χ0) is 15.2. The van der Waals surface area contributed by atoms with Gasteiger partial charge >= 0.3 is 0 Å². The predicted molar refractivity (Wildman–Crippen MR) is 83.7 cm³/mol. The molecule has 3 nitrogen and oxygen atoms in total. The molecule has 0 N–H and O–H groups in total. The molecule has 4 heteroatoms. The lowest BCUT2D eigenvalue weighted by molar-refractivity contribution is 0.111. The molecule has 0 aliphatic carbocycles. The van der Waals surface area contributed by atoms with Crippen molar-refractivity contribution in [1.29, 1.82) is 0 Å². The summed E-state index contributed by atoms with van der Waals surface area (Å²) in [6.45, 7) is 4.83. The summed E-state index contributed by atoms with van der Waals surface area (Å²) in [5.41, 5.74) is 2.75. The normalized spacial score (nSPS) is 10.2. The summed E-state index contributed by atoms with van der Waals surface area (Å²) in [4.78, 5) is 10.9. The lowest BCUT2D eigenvalue weighted by Crippen LogP contribution is -2.10. The number of benzene rings is 2. The summed E-state index contributed by atoms with van der Waals surface area (Å²) in [5.74, 6) is 1.37. The molecule has 2 aromatic rings. The maximum Gasteiger partial charge on any atom is 0.153 e. The highest BCUT2D eigenvalue weighted by Crippen LogP contribution is 2.22. The van der Waals surface area contributed by atoms with E-state index in [4.69, 9.17) is 21.1 Å². The van der Waals surface area contributed by atoms with Crippen LogP contribution in [0.5, 0.6) is 11.5 Å². The summed E-state index contributed by atoms with van der Waals surface area (Å²) < 4.78 is 11.3. The molecule has 0 fully saturated rings. The van der Waals surface area contributed by atoms with Gasteiger partial charge in [-0.25, -0.2) is 0 Å². The van der Waals surface area contributed by atoms with Crippen molar-refractivity contribution < 1.29 is 14.3 Å². The topological polar surface area (TPSA) is 35.5 Å². The molecule has 2 rings (SSSR count). The van der Waals surface area contributed by atoms with Crippen LogP contribution in [0.1, 0.15) is 21.5 Å². The van der Waals surface area contributed by atoms with E-state index in [0.29, 0.717) is 29.5 Å². The van der Waals surface area contributed by atoms with Crippen LogP contribution in [0.4, 0.5) is 0 Å². The Kier molecular flexibility index (Phi) is 5.23. The average molecular weight is 305 g/mol. The van der Waals surface area contributed by atoms with Gasteiger partial charge in [-0.05, 0) is 49.2 Å². The SMILES string of the molecule is Cc1cccc(OCCOc2ccc(Cl)cc2C=O)c1C. The van der Waals surface area contributed by atoms with E-state index in [-0.39, 0.29) is 0 Å². The summed E-state index contributed by atoms with van der Waals surface area (Å²) in [5, 5.41) is 0.510. The van der Waals surface area contributed by atoms with Crippen molar-refractivity contribution >= 4 is 17.9 Å². The largest absolute Gasteiger partial charge is 0.490 e. The van der Waals surface area contributed by atoms with Gasteiger partial charge in [0.25, 0.3) is 0 Å². The third kappa shape index (κ3) is 3.99. The van der Waals surface area contributed by atoms with Crippen molar-refractivity contribution in [3.8, 4) is 11.5 Å². The Morgan fingerprint density at radius 1 is 1.05 bits per heavy atom. The lowest BCUT2D eigenvalue weighted by Gasteiger charge is -2.12. The molecule has 0 aromatic heterocycles. The Hall–Kier alpha value is -2.00. The Morgan fingerprint density at radius 2 is 1.76 bits per heavy atom. The molecule has 110 valence electrons. The number of carbonyl (C=O) groups excluding carboxylic acids is 1. The van der Waals surface area contributed by atoms with E-state index in [1.54, 1.807) is 18.2 Å². The highest BCUT2D eigenvalue weighted by Gasteiger charge is 2.05.